The van der Waals surface area contributed by atoms with E-state index in [0.29, 0.717) is 32.1 Å². The van der Waals surface area contributed by atoms with E-state index >= 15 is 0 Å². The van der Waals surface area contributed by atoms with Crippen LogP contribution in [0.25, 0.3) is 0 Å². The van der Waals surface area contributed by atoms with Gasteiger partial charge in [0.25, 0.3) is 10.2 Å². The van der Waals surface area contributed by atoms with E-state index in [1.807, 2.05) is 13.8 Å². The molecule has 17 heavy (non-hydrogen) atoms. The van der Waals surface area contributed by atoms with Crippen LogP contribution in [0.1, 0.15) is 26.7 Å². The molecule has 0 spiro atoms. The van der Waals surface area contributed by atoms with Gasteiger partial charge in [-0.25, -0.2) is 0 Å². The number of nitrogens with zero attached hydrogens (tertiary/aromatic N) is 2. The quantitative estimate of drug-likeness (QED) is 0.791. The van der Waals surface area contributed by atoms with Crippen LogP contribution in [0, 0.1) is 11.8 Å². The first-order valence-electron chi connectivity index (χ1n) is 6.44. The fraction of sp³-hybridized carbons (Fsp3) is 1.00. The van der Waals surface area contributed by atoms with Gasteiger partial charge in [0.15, 0.2) is 0 Å². The van der Waals surface area contributed by atoms with Crippen molar-refractivity contribution in [2.75, 3.05) is 26.2 Å². The predicted octanol–water partition coefficient (Wildman–Crippen LogP) is 0.276. The highest BCUT2D eigenvalue weighted by Crippen LogP contribution is 2.39. The van der Waals surface area contributed by atoms with E-state index in [0.717, 1.165) is 12.8 Å². The molecular weight excluding hydrogens is 240 g/mol. The van der Waals surface area contributed by atoms with E-state index in [-0.39, 0.29) is 12.0 Å². The van der Waals surface area contributed by atoms with Crippen molar-refractivity contribution in [3.05, 3.63) is 0 Å². The van der Waals surface area contributed by atoms with E-state index in [2.05, 4.69) is 0 Å². The predicted molar refractivity (Wildman–Crippen MR) is 65.6 cm³/mol. The summed E-state index contributed by atoms with van der Waals surface area (Å²) in [4.78, 5) is 0. The number of fused-ring (bicyclic) bond motifs is 1. The van der Waals surface area contributed by atoms with Crippen molar-refractivity contribution >= 4 is 10.2 Å². The number of rotatable bonds is 4. The first-order chi connectivity index (χ1) is 8.00. The summed E-state index contributed by atoms with van der Waals surface area (Å²) in [6.07, 6.45) is 1.47. The summed E-state index contributed by atoms with van der Waals surface area (Å²) in [7, 11) is -3.31. The number of hydrogen-bond acceptors (Lipinski definition) is 3. The molecule has 100 valence electrons. The zero-order chi connectivity index (χ0) is 12.6. The van der Waals surface area contributed by atoms with Crippen molar-refractivity contribution in [1.82, 2.24) is 8.61 Å². The van der Waals surface area contributed by atoms with Crippen LogP contribution in [0.15, 0.2) is 0 Å². The lowest BCUT2D eigenvalue weighted by atomic mass is 10.00. The Labute approximate surface area is 104 Å². The smallest absolute Gasteiger partial charge is 0.281 e. The summed E-state index contributed by atoms with van der Waals surface area (Å²) >= 11 is 0. The van der Waals surface area contributed by atoms with Crippen molar-refractivity contribution < 1.29 is 13.5 Å². The lowest BCUT2D eigenvalue weighted by Crippen LogP contribution is -2.43. The molecule has 0 aromatic carbocycles. The average Bonchev–Trinajstić information content (AvgIpc) is 2.83. The molecule has 0 bridgehead atoms. The molecule has 6 heteroatoms. The lowest BCUT2D eigenvalue weighted by Gasteiger charge is -2.26. The van der Waals surface area contributed by atoms with Crippen LogP contribution in [0.3, 0.4) is 0 Å². The Bertz CT molecular complexity index is 367. The second-order valence-electron chi connectivity index (χ2n) is 4.98. The first-order valence-corrected chi connectivity index (χ1v) is 7.83. The minimum Gasteiger partial charge on any atom is -0.393 e. The summed E-state index contributed by atoms with van der Waals surface area (Å²) in [5.41, 5.74) is 0. The standard InChI is InChI=1S/C11H22N2O3S/c1-3-12(4-2)17(15,16)13-7-9-5-6-11(14)10(9)8-13/h9-11,14H,3-8H2,1-2H3. The molecule has 3 unspecified atom stereocenters. The van der Waals surface area contributed by atoms with E-state index in [1.165, 1.54) is 4.31 Å². The fourth-order valence-electron chi connectivity index (χ4n) is 3.10. The highest BCUT2D eigenvalue weighted by Gasteiger charge is 2.46. The molecular formula is C11H22N2O3S. The van der Waals surface area contributed by atoms with Gasteiger partial charge < -0.3 is 5.11 Å². The van der Waals surface area contributed by atoms with Crippen LogP contribution in [-0.2, 0) is 10.2 Å². The first kappa shape index (κ1) is 13.3. The molecule has 2 fully saturated rings. The van der Waals surface area contributed by atoms with Gasteiger partial charge in [0, 0.05) is 32.1 Å². The molecule has 1 heterocycles. The lowest BCUT2D eigenvalue weighted by molar-refractivity contribution is 0.129. The third-order valence-corrected chi connectivity index (χ3v) is 6.26. The topological polar surface area (TPSA) is 60.9 Å². The SMILES string of the molecule is CCN(CC)S(=O)(=O)N1CC2CCC(O)C2C1. The minimum atomic E-state index is -3.31. The average molecular weight is 262 g/mol. The molecule has 1 aliphatic heterocycles. The van der Waals surface area contributed by atoms with Gasteiger partial charge >= 0.3 is 0 Å². The van der Waals surface area contributed by atoms with E-state index in [9.17, 15) is 13.5 Å². The molecule has 1 saturated heterocycles. The highest BCUT2D eigenvalue weighted by atomic mass is 32.2. The zero-order valence-electron chi connectivity index (χ0n) is 10.5. The van der Waals surface area contributed by atoms with Crippen molar-refractivity contribution in [3.8, 4) is 0 Å². The zero-order valence-corrected chi connectivity index (χ0v) is 11.4. The maximum Gasteiger partial charge on any atom is 0.281 e. The molecule has 0 aromatic rings. The van der Waals surface area contributed by atoms with E-state index < -0.39 is 10.2 Å². The fourth-order valence-corrected chi connectivity index (χ4v) is 4.82. The van der Waals surface area contributed by atoms with Crippen LogP contribution in [-0.4, -0.2) is 54.4 Å². The third-order valence-electron chi connectivity index (χ3n) is 4.14. The highest BCUT2D eigenvalue weighted by molar-refractivity contribution is 7.86. The molecule has 0 aromatic heterocycles. The summed E-state index contributed by atoms with van der Waals surface area (Å²) in [5, 5.41) is 9.80. The number of aliphatic hydroxyl groups is 1. The van der Waals surface area contributed by atoms with Crippen LogP contribution in [0.4, 0.5) is 0 Å². The Balaban J connectivity index is 2.10. The summed E-state index contributed by atoms with van der Waals surface area (Å²) < 4.78 is 27.6. The second kappa shape index (κ2) is 4.84. The normalized spacial score (nSPS) is 34.5. The van der Waals surface area contributed by atoms with E-state index in [1.54, 1.807) is 4.31 Å². The van der Waals surface area contributed by atoms with Crippen molar-refractivity contribution in [1.29, 1.82) is 0 Å². The van der Waals surface area contributed by atoms with Gasteiger partial charge in [0.2, 0.25) is 0 Å². The summed E-state index contributed by atoms with van der Waals surface area (Å²) in [6, 6.07) is 0. The summed E-state index contributed by atoms with van der Waals surface area (Å²) in [6.45, 7) is 5.80. The molecule has 2 rings (SSSR count). The molecule has 1 N–H and O–H groups in total. The molecule has 1 aliphatic carbocycles. The Morgan fingerprint density at radius 3 is 2.41 bits per heavy atom. The minimum absolute atomic E-state index is 0.153. The largest absolute Gasteiger partial charge is 0.393 e. The van der Waals surface area contributed by atoms with Gasteiger partial charge in [-0.1, -0.05) is 13.8 Å². The molecule has 2 aliphatic rings. The van der Waals surface area contributed by atoms with Gasteiger partial charge in [0.05, 0.1) is 6.10 Å². The molecule has 1 saturated carbocycles. The second-order valence-corrected chi connectivity index (χ2v) is 6.91. The Hall–Kier alpha value is -0.170. The van der Waals surface area contributed by atoms with Crippen LogP contribution in [0.5, 0.6) is 0 Å². The van der Waals surface area contributed by atoms with Crippen molar-refractivity contribution in [3.63, 3.8) is 0 Å². The maximum absolute atomic E-state index is 12.3. The Morgan fingerprint density at radius 2 is 1.88 bits per heavy atom. The van der Waals surface area contributed by atoms with Crippen molar-refractivity contribution in [2.45, 2.75) is 32.8 Å². The molecule has 5 nitrogen and oxygen atoms in total. The monoisotopic (exact) mass is 262 g/mol. The molecule has 3 atom stereocenters. The summed E-state index contributed by atoms with van der Waals surface area (Å²) in [5.74, 6) is 0.510. The van der Waals surface area contributed by atoms with Gasteiger partial charge in [-0.3, -0.25) is 0 Å². The van der Waals surface area contributed by atoms with Gasteiger partial charge in [-0.2, -0.15) is 17.0 Å². The van der Waals surface area contributed by atoms with Gasteiger partial charge in [0.1, 0.15) is 0 Å². The number of aliphatic hydroxyl groups excluding tert-OH is 1. The third kappa shape index (κ3) is 2.23. The Morgan fingerprint density at radius 1 is 1.24 bits per heavy atom. The number of hydrogen-bond donors (Lipinski definition) is 1. The molecule has 0 amide bonds. The van der Waals surface area contributed by atoms with Crippen molar-refractivity contribution in [2.24, 2.45) is 11.8 Å². The van der Waals surface area contributed by atoms with Gasteiger partial charge in [-0.15, -0.1) is 0 Å². The van der Waals surface area contributed by atoms with Crippen LogP contribution < -0.4 is 0 Å². The molecule has 0 radical (unpaired) electrons. The van der Waals surface area contributed by atoms with Gasteiger partial charge in [-0.05, 0) is 18.8 Å². The van der Waals surface area contributed by atoms with Crippen LogP contribution in [0.2, 0.25) is 0 Å². The maximum atomic E-state index is 12.3. The van der Waals surface area contributed by atoms with Crippen LogP contribution >= 0.6 is 0 Å². The Kier molecular flexibility index (Phi) is 3.77. The van der Waals surface area contributed by atoms with E-state index in [4.69, 9.17) is 0 Å².